The first kappa shape index (κ1) is 12.4. The Morgan fingerprint density at radius 3 is 2.28 bits per heavy atom. The molecular formula is C13H8ClFO3. The SMILES string of the molecule is O=C(O)c1ccc(-c2ccc(F)c(Cl)c2)cc1O. The first-order valence-electron chi connectivity index (χ1n) is 5.01. The second-order valence-corrected chi connectivity index (χ2v) is 4.07. The highest BCUT2D eigenvalue weighted by molar-refractivity contribution is 6.31. The number of carboxylic acids is 1. The van der Waals surface area contributed by atoms with Gasteiger partial charge in [-0.3, -0.25) is 0 Å². The van der Waals surface area contributed by atoms with Crippen LogP contribution in [0.1, 0.15) is 10.4 Å². The first-order valence-corrected chi connectivity index (χ1v) is 5.38. The number of carboxylic acid groups (broad SMARTS) is 1. The summed E-state index contributed by atoms with van der Waals surface area (Å²) in [5.41, 5.74) is 0.958. The number of rotatable bonds is 2. The van der Waals surface area contributed by atoms with E-state index >= 15 is 0 Å². The Labute approximate surface area is 107 Å². The zero-order valence-corrected chi connectivity index (χ0v) is 9.78. The molecule has 18 heavy (non-hydrogen) atoms. The molecule has 0 radical (unpaired) electrons. The first-order chi connectivity index (χ1) is 8.49. The fourth-order valence-electron chi connectivity index (χ4n) is 1.57. The van der Waals surface area contributed by atoms with Crippen molar-refractivity contribution >= 4 is 17.6 Å². The maximum atomic E-state index is 13.0. The summed E-state index contributed by atoms with van der Waals surface area (Å²) in [6.45, 7) is 0. The van der Waals surface area contributed by atoms with E-state index in [0.29, 0.717) is 11.1 Å². The summed E-state index contributed by atoms with van der Waals surface area (Å²) in [6, 6.07) is 8.21. The van der Waals surface area contributed by atoms with Gasteiger partial charge in [0.15, 0.2) is 0 Å². The number of halogens is 2. The number of carbonyl (C=O) groups is 1. The molecule has 0 aliphatic carbocycles. The number of aromatic carboxylic acids is 1. The van der Waals surface area contributed by atoms with Crippen LogP contribution in [0.2, 0.25) is 5.02 Å². The van der Waals surface area contributed by atoms with Gasteiger partial charge in [-0.1, -0.05) is 23.7 Å². The van der Waals surface area contributed by atoms with Crippen molar-refractivity contribution in [3.05, 3.63) is 52.8 Å². The molecule has 2 rings (SSSR count). The van der Waals surface area contributed by atoms with Crippen molar-refractivity contribution in [1.29, 1.82) is 0 Å². The van der Waals surface area contributed by atoms with E-state index in [1.54, 1.807) is 0 Å². The van der Waals surface area contributed by atoms with Crippen LogP contribution in [-0.2, 0) is 0 Å². The van der Waals surface area contributed by atoms with Gasteiger partial charge in [0.2, 0.25) is 0 Å². The zero-order valence-electron chi connectivity index (χ0n) is 9.02. The number of aromatic hydroxyl groups is 1. The topological polar surface area (TPSA) is 57.5 Å². The molecular weight excluding hydrogens is 259 g/mol. The predicted octanol–water partition coefficient (Wildman–Crippen LogP) is 3.55. The second-order valence-electron chi connectivity index (χ2n) is 3.67. The molecule has 2 aromatic carbocycles. The number of hydrogen-bond donors (Lipinski definition) is 2. The van der Waals surface area contributed by atoms with Crippen LogP contribution >= 0.6 is 11.6 Å². The lowest BCUT2D eigenvalue weighted by Gasteiger charge is -2.05. The standard InChI is InChI=1S/C13H8ClFO3/c14-10-5-7(2-4-11(10)15)8-1-3-9(13(17)18)12(16)6-8/h1-6,16H,(H,17,18). The molecule has 0 aliphatic heterocycles. The van der Waals surface area contributed by atoms with Crippen LogP contribution < -0.4 is 0 Å². The lowest BCUT2D eigenvalue weighted by molar-refractivity contribution is 0.0694. The highest BCUT2D eigenvalue weighted by Crippen LogP contribution is 2.29. The van der Waals surface area contributed by atoms with Crippen LogP contribution in [0, 0.1) is 5.82 Å². The molecule has 0 spiro atoms. The number of hydrogen-bond acceptors (Lipinski definition) is 2. The third kappa shape index (κ3) is 2.28. The average molecular weight is 267 g/mol. The minimum Gasteiger partial charge on any atom is -0.507 e. The van der Waals surface area contributed by atoms with Crippen molar-refractivity contribution in [3.63, 3.8) is 0 Å². The Bertz CT molecular complexity index is 626. The molecule has 0 aromatic heterocycles. The van der Waals surface area contributed by atoms with Crippen LogP contribution in [-0.4, -0.2) is 16.2 Å². The van der Waals surface area contributed by atoms with E-state index in [1.165, 1.54) is 36.4 Å². The van der Waals surface area contributed by atoms with Gasteiger partial charge in [0.25, 0.3) is 0 Å². The molecule has 0 bridgehead atoms. The molecule has 0 fully saturated rings. The summed E-state index contributed by atoms with van der Waals surface area (Å²) in [5.74, 6) is -2.09. The van der Waals surface area contributed by atoms with Crippen LogP contribution in [0.3, 0.4) is 0 Å². The summed E-state index contributed by atoms with van der Waals surface area (Å²) in [7, 11) is 0. The largest absolute Gasteiger partial charge is 0.507 e. The molecule has 3 nitrogen and oxygen atoms in total. The third-order valence-corrected chi connectivity index (χ3v) is 2.77. The van der Waals surface area contributed by atoms with Crippen LogP contribution in [0.25, 0.3) is 11.1 Å². The van der Waals surface area contributed by atoms with E-state index < -0.39 is 11.8 Å². The Morgan fingerprint density at radius 1 is 1.11 bits per heavy atom. The Hall–Kier alpha value is -2.07. The molecule has 92 valence electrons. The van der Waals surface area contributed by atoms with Crippen molar-refractivity contribution in [2.45, 2.75) is 0 Å². The quantitative estimate of drug-likeness (QED) is 0.874. The maximum Gasteiger partial charge on any atom is 0.339 e. The zero-order chi connectivity index (χ0) is 13.3. The van der Waals surface area contributed by atoms with Gasteiger partial charge in [0.05, 0.1) is 5.02 Å². The summed E-state index contributed by atoms with van der Waals surface area (Å²) in [5, 5.41) is 18.3. The normalized spacial score (nSPS) is 10.3. The molecule has 5 heteroatoms. The van der Waals surface area contributed by atoms with Gasteiger partial charge in [-0.15, -0.1) is 0 Å². The van der Waals surface area contributed by atoms with E-state index in [-0.39, 0.29) is 16.3 Å². The Balaban J connectivity index is 2.48. The van der Waals surface area contributed by atoms with Crippen LogP contribution in [0.15, 0.2) is 36.4 Å². The van der Waals surface area contributed by atoms with Crippen LogP contribution in [0.4, 0.5) is 4.39 Å². The van der Waals surface area contributed by atoms with Gasteiger partial charge in [0, 0.05) is 0 Å². The fourth-order valence-corrected chi connectivity index (χ4v) is 1.75. The predicted molar refractivity (Wildman–Crippen MR) is 65.5 cm³/mol. The molecule has 2 aromatic rings. The minimum absolute atomic E-state index is 0.0331. The molecule has 0 saturated carbocycles. The van der Waals surface area contributed by atoms with Gasteiger partial charge < -0.3 is 10.2 Å². The highest BCUT2D eigenvalue weighted by atomic mass is 35.5. The lowest BCUT2D eigenvalue weighted by Crippen LogP contribution is -1.96. The number of benzene rings is 2. The molecule has 0 unspecified atom stereocenters. The average Bonchev–Trinajstić information content (AvgIpc) is 2.32. The summed E-state index contributed by atoms with van der Waals surface area (Å²) in [4.78, 5) is 10.7. The maximum absolute atomic E-state index is 13.0. The van der Waals surface area contributed by atoms with Gasteiger partial charge in [0.1, 0.15) is 17.1 Å². The van der Waals surface area contributed by atoms with Crippen molar-refractivity contribution in [2.24, 2.45) is 0 Å². The highest BCUT2D eigenvalue weighted by Gasteiger charge is 2.11. The molecule has 2 N–H and O–H groups in total. The van der Waals surface area contributed by atoms with E-state index in [2.05, 4.69) is 0 Å². The second kappa shape index (κ2) is 4.66. The van der Waals surface area contributed by atoms with Crippen LogP contribution in [0.5, 0.6) is 5.75 Å². The summed E-state index contributed by atoms with van der Waals surface area (Å²) in [6.07, 6.45) is 0. The third-order valence-electron chi connectivity index (χ3n) is 2.48. The smallest absolute Gasteiger partial charge is 0.339 e. The Morgan fingerprint density at radius 2 is 1.72 bits per heavy atom. The summed E-state index contributed by atoms with van der Waals surface area (Å²) < 4.78 is 13.0. The van der Waals surface area contributed by atoms with Gasteiger partial charge in [-0.25, -0.2) is 9.18 Å². The fraction of sp³-hybridized carbons (Fsp3) is 0. The van der Waals surface area contributed by atoms with Crippen molar-refractivity contribution in [1.82, 2.24) is 0 Å². The minimum atomic E-state index is -1.21. The van der Waals surface area contributed by atoms with Gasteiger partial charge in [-0.05, 0) is 35.4 Å². The van der Waals surface area contributed by atoms with E-state index in [1.807, 2.05) is 0 Å². The summed E-state index contributed by atoms with van der Waals surface area (Å²) >= 11 is 5.65. The molecule has 0 saturated heterocycles. The van der Waals surface area contributed by atoms with E-state index in [9.17, 15) is 14.3 Å². The molecule has 0 atom stereocenters. The monoisotopic (exact) mass is 266 g/mol. The van der Waals surface area contributed by atoms with Gasteiger partial charge in [-0.2, -0.15) is 0 Å². The van der Waals surface area contributed by atoms with Crippen molar-refractivity contribution in [3.8, 4) is 16.9 Å². The van der Waals surface area contributed by atoms with E-state index in [0.717, 1.165) is 0 Å². The molecule has 0 amide bonds. The van der Waals surface area contributed by atoms with Crippen molar-refractivity contribution < 1.29 is 19.4 Å². The number of phenols is 1. The van der Waals surface area contributed by atoms with Crippen molar-refractivity contribution in [2.75, 3.05) is 0 Å². The lowest BCUT2D eigenvalue weighted by atomic mass is 10.0. The Kier molecular flexibility index (Phi) is 3.21. The molecule has 0 aliphatic rings. The molecule has 0 heterocycles. The van der Waals surface area contributed by atoms with E-state index in [4.69, 9.17) is 16.7 Å². The van der Waals surface area contributed by atoms with Gasteiger partial charge >= 0.3 is 5.97 Å².